The molecular formula is C8H19NO. The van der Waals surface area contributed by atoms with Crippen molar-refractivity contribution < 1.29 is 4.74 Å². The zero-order valence-corrected chi connectivity index (χ0v) is 7.10. The van der Waals surface area contributed by atoms with Gasteiger partial charge in [-0.15, -0.1) is 0 Å². The predicted molar refractivity (Wildman–Crippen MR) is 44.0 cm³/mol. The molecule has 0 aromatic rings. The number of ether oxygens (including phenoxy) is 1. The fourth-order valence-electron chi connectivity index (χ4n) is 0.723. The van der Waals surface area contributed by atoms with Crippen molar-refractivity contribution >= 4 is 0 Å². The van der Waals surface area contributed by atoms with Crippen LogP contribution in [-0.4, -0.2) is 19.3 Å². The molecule has 62 valence electrons. The van der Waals surface area contributed by atoms with Gasteiger partial charge in [0.25, 0.3) is 0 Å². The molecular weight excluding hydrogens is 126 g/mol. The van der Waals surface area contributed by atoms with Gasteiger partial charge in [-0.05, 0) is 13.3 Å². The van der Waals surface area contributed by atoms with Crippen molar-refractivity contribution in [3.8, 4) is 0 Å². The first-order valence-electron chi connectivity index (χ1n) is 4.10. The Morgan fingerprint density at radius 2 is 2.10 bits per heavy atom. The lowest BCUT2D eigenvalue weighted by molar-refractivity contribution is 0.121. The molecule has 0 saturated heterocycles. The van der Waals surface area contributed by atoms with Crippen LogP contribution in [0.15, 0.2) is 0 Å². The van der Waals surface area contributed by atoms with Crippen LogP contribution in [0.5, 0.6) is 0 Å². The third-order valence-electron chi connectivity index (χ3n) is 1.27. The van der Waals surface area contributed by atoms with Crippen molar-refractivity contribution in [2.75, 3.05) is 13.2 Å². The highest BCUT2D eigenvalue weighted by molar-refractivity contribution is 4.48. The maximum atomic E-state index is 5.48. The molecule has 0 aromatic carbocycles. The largest absolute Gasteiger partial charge is 0.380 e. The topological polar surface area (TPSA) is 35.2 Å². The molecule has 2 heteroatoms. The van der Waals surface area contributed by atoms with Crippen LogP contribution in [0.2, 0.25) is 0 Å². The maximum Gasteiger partial charge on any atom is 0.0614 e. The second kappa shape index (κ2) is 7.03. The molecule has 0 unspecified atom stereocenters. The van der Waals surface area contributed by atoms with Crippen LogP contribution in [0, 0.1) is 0 Å². The van der Waals surface area contributed by atoms with Crippen LogP contribution in [0.1, 0.15) is 33.1 Å². The summed E-state index contributed by atoms with van der Waals surface area (Å²) in [4.78, 5) is 0. The summed E-state index contributed by atoms with van der Waals surface area (Å²) in [7, 11) is 0. The molecule has 0 aromatic heterocycles. The minimum Gasteiger partial charge on any atom is -0.380 e. The average Bonchev–Trinajstić information content (AvgIpc) is 1.87. The van der Waals surface area contributed by atoms with Crippen LogP contribution in [-0.2, 0) is 4.74 Å². The Balaban J connectivity index is 2.77. The molecule has 2 nitrogen and oxygen atoms in total. The van der Waals surface area contributed by atoms with E-state index in [0.717, 1.165) is 6.61 Å². The van der Waals surface area contributed by atoms with Crippen LogP contribution in [0.4, 0.5) is 0 Å². The second-order valence-corrected chi connectivity index (χ2v) is 2.76. The van der Waals surface area contributed by atoms with Gasteiger partial charge in [-0.3, -0.25) is 0 Å². The van der Waals surface area contributed by atoms with Crippen molar-refractivity contribution in [3.63, 3.8) is 0 Å². The van der Waals surface area contributed by atoms with Crippen molar-refractivity contribution in [1.82, 2.24) is 0 Å². The Labute approximate surface area is 63.7 Å². The van der Waals surface area contributed by atoms with Crippen LogP contribution < -0.4 is 5.73 Å². The standard InChI is InChI=1S/C8H19NO/c1-3-4-5-6-10-7-8(2)9/h8H,3-7,9H2,1-2H3/t8-/m1/s1. The van der Waals surface area contributed by atoms with Gasteiger partial charge in [0.05, 0.1) is 6.61 Å². The van der Waals surface area contributed by atoms with E-state index >= 15 is 0 Å². The van der Waals surface area contributed by atoms with Crippen molar-refractivity contribution in [2.24, 2.45) is 5.73 Å². The molecule has 1 atom stereocenters. The molecule has 0 amide bonds. The fourth-order valence-corrected chi connectivity index (χ4v) is 0.723. The SMILES string of the molecule is CCCCCOC[C@@H](C)N. The molecule has 2 N–H and O–H groups in total. The zero-order chi connectivity index (χ0) is 7.82. The molecule has 0 aliphatic carbocycles. The molecule has 0 fully saturated rings. The number of nitrogens with two attached hydrogens (primary N) is 1. The monoisotopic (exact) mass is 145 g/mol. The Hall–Kier alpha value is -0.0800. The highest BCUT2D eigenvalue weighted by Crippen LogP contribution is 1.93. The van der Waals surface area contributed by atoms with Gasteiger partial charge in [0.2, 0.25) is 0 Å². The molecule has 0 heterocycles. The predicted octanol–water partition coefficient (Wildman–Crippen LogP) is 1.54. The first-order chi connectivity index (χ1) is 4.77. The van der Waals surface area contributed by atoms with Gasteiger partial charge in [-0.25, -0.2) is 0 Å². The lowest BCUT2D eigenvalue weighted by atomic mass is 10.3. The molecule has 0 aliphatic heterocycles. The van der Waals surface area contributed by atoms with Gasteiger partial charge in [0.15, 0.2) is 0 Å². The van der Waals surface area contributed by atoms with Gasteiger partial charge in [-0.2, -0.15) is 0 Å². The van der Waals surface area contributed by atoms with E-state index in [9.17, 15) is 0 Å². The molecule has 0 rings (SSSR count). The van der Waals surface area contributed by atoms with Crippen molar-refractivity contribution in [2.45, 2.75) is 39.2 Å². The van der Waals surface area contributed by atoms with Gasteiger partial charge in [0, 0.05) is 12.6 Å². The van der Waals surface area contributed by atoms with E-state index in [2.05, 4.69) is 6.92 Å². The summed E-state index contributed by atoms with van der Waals surface area (Å²) in [6.07, 6.45) is 3.68. The summed E-state index contributed by atoms with van der Waals surface area (Å²) in [6, 6.07) is 0.182. The number of unbranched alkanes of at least 4 members (excludes halogenated alkanes) is 2. The zero-order valence-electron chi connectivity index (χ0n) is 7.10. The fraction of sp³-hybridized carbons (Fsp3) is 1.00. The average molecular weight is 145 g/mol. The quantitative estimate of drug-likeness (QED) is 0.575. The van der Waals surface area contributed by atoms with Crippen molar-refractivity contribution in [3.05, 3.63) is 0 Å². The lowest BCUT2D eigenvalue weighted by Gasteiger charge is -2.05. The normalized spacial score (nSPS) is 13.5. The molecule has 0 bridgehead atoms. The first-order valence-corrected chi connectivity index (χ1v) is 4.10. The van der Waals surface area contributed by atoms with E-state index in [1.54, 1.807) is 0 Å². The third kappa shape index (κ3) is 7.92. The summed E-state index contributed by atoms with van der Waals surface area (Å²) in [5.41, 5.74) is 5.48. The van der Waals surface area contributed by atoms with Gasteiger partial charge < -0.3 is 10.5 Å². The van der Waals surface area contributed by atoms with E-state index in [1.807, 2.05) is 6.92 Å². The summed E-state index contributed by atoms with van der Waals surface area (Å²) in [5.74, 6) is 0. The smallest absolute Gasteiger partial charge is 0.0614 e. The minimum atomic E-state index is 0.182. The second-order valence-electron chi connectivity index (χ2n) is 2.76. The minimum absolute atomic E-state index is 0.182. The highest BCUT2D eigenvalue weighted by atomic mass is 16.5. The Bertz CT molecular complexity index is 64.3. The van der Waals surface area contributed by atoms with Crippen LogP contribution in [0.25, 0.3) is 0 Å². The van der Waals surface area contributed by atoms with Crippen molar-refractivity contribution in [1.29, 1.82) is 0 Å². The molecule has 10 heavy (non-hydrogen) atoms. The van der Waals surface area contributed by atoms with Gasteiger partial charge in [0.1, 0.15) is 0 Å². The highest BCUT2D eigenvalue weighted by Gasteiger charge is 1.92. The summed E-state index contributed by atoms with van der Waals surface area (Å²) < 4.78 is 5.27. The van der Waals surface area contributed by atoms with Gasteiger partial charge in [-0.1, -0.05) is 19.8 Å². The Kier molecular flexibility index (Phi) is 6.98. The Morgan fingerprint density at radius 3 is 2.60 bits per heavy atom. The number of hydrogen-bond donors (Lipinski definition) is 1. The summed E-state index contributed by atoms with van der Waals surface area (Å²) in [6.45, 7) is 5.71. The molecule has 0 saturated carbocycles. The summed E-state index contributed by atoms with van der Waals surface area (Å²) >= 11 is 0. The lowest BCUT2D eigenvalue weighted by Crippen LogP contribution is -2.22. The van der Waals surface area contributed by atoms with E-state index in [1.165, 1.54) is 19.3 Å². The third-order valence-corrected chi connectivity index (χ3v) is 1.27. The number of rotatable bonds is 6. The van der Waals surface area contributed by atoms with E-state index in [4.69, 9.17) is 10.5 Å². The number of hydrogen-bond acceptors (Lipinski definition) is 2. The molecule has 0 aliphatic rings. The van der Waals surface area contributed by atoms with Gasteiger partial charge >= 0.3 is 0 Å². The molecule has 0 radical (unpaired) electrons. The molecule has 0 spiro atoms. The van der Waals surface area contributed by atoms with E-state index in [-0.39, 0.29) is 6.04 Å². The summed E-state index contributed by atoms with van der Waals surface area (Å²) in [5, 5.41) is 0. The first kappa shape index (κ1) is 9.92. The van der Waals surface area contributed by atoms with Crippen LogP contribution in [0.3, 0.4) is 0 Å². The van der Waals surface area contributed by atoms with E-state index < -0.39 is 0 Å². The van der Waals surface area contributed by atoms with E-state index in [0.29, 0.717) is 6.61 Å². The van der Waals surface area contributed by atoms with Crippen LogP contribution >= 0.6 is 0 Å². The maximum absolute atomic E-state index is 5.48. The Morgan fingerprint density at radius 1 is 1.40 bits per heavy atom.